The third kappa shape index (κ3) is 3.96. The summed E-state index contributed by atoms with van der Waals surface area (Å²) in [6.45, 7) is 2.33. The van der Waals surface area contributed by atoms with Crippen LogP contribution in [-0.2, 0) is 0 Å². The van der Waals surface area contributed by atoms with E-state index < -0.39 is 0 Å². The Morgan fingerprint density at radius 3 is 2.12 bits per heavy atom. The third-order valence-corrected chi connectivity index (χ3v) is 4.81. The molecule has 0 saturated heterocycles. The zero-order valence-corrected chi connectivity index (χ0v) is 11.3. The summed E-state index contributed by atoms with van der Waals surface area (Å²) in [6.07, 6.45) is 13.0. The molecule has 2 heteroatoms. The normalized spacial score (nSPS) is 34.2. The molecule has 0 amide bonds. The van der Waals surface area contributed by atoms with Crippen LogP contribution in [0.3, 0.4) is 0 Å². The maximum Gasteiger partial charge on any atom is 0.0693 e. The van der Waals surface area contributed by atoms with Crippen molar-refractivity contribution in [3.63, 3.8) is 0 Å². The van der Waals surface area contributed by atoms with Gasteiger partial charge in [-0.05, 0) is 38.5 Å². The van der Waals surface area contributed by atoms with Crippen molar-refractivity contribution in [2.75, 3.05) is 0 Å². The quantitative estimate of drug-likeness (QED) is 0.741. The molecule has 2 aliphatic rings. The molecule has 17 heavy (non-hydrogen) atoms. The average Bonchev–Trinajstić information content (AvgIpc) is 2.61. The second kappa shape index (κ2) is 6.75. The fourth-order valence-electron chi connectivity index (χ4n) is 3.59. The molecule has 2 fully saturated rings. The zero-order chi connectivity index (χ0) is 12.1. The molecule has 0 heterocycles. The van der Waals surface area contributed by atoms with E-state index in [1.165, 1.54) is 51.4 Å². The predicted molar refractivity (Wildman–Crippen MR) is 72.1 cm³/mol. The molecule has 0 aromatic rings. The Kier molecular flexibility index (Phi) is 5.30. The molecule has 2 rings (SSSR count). The van der Waals surface area contributed by atoms with E-state index in [0.29, 0.717) is 12.1 Å². The number of aliphatic hydroxyl groups excluding tert-OH is 1. The molecular formula is C15H29NO. The van der Waals surface area contributed by atoms with Gasteiger partial charge in [-0.1, -0.05) is 38.5 Å². The van der Waals surface area contributed by atoms with E-state index >= 15 is 0 Å². The van der Waals surface area contributed by atoms with E-state index in [9.17, 15) is 5.11 Å². The van der Waals surface area contributed by atoms with Crippen molar-refractivity contribution >= 4 is 0 Å². The van der Waals surface area contributed by atoms with Crippen LogP contribution < -0.4 is 5.32 Å². The minimum absolute atomic E-state index is 0.100. The van der Waals surface area contributed by atoms with Gasteiger partial charge in [0.25, 0.3) is 0 Å². The topological polar surface area (TPSA) is 32.3 Å². The molecule has 0 aromatic heterocycles. The smallest absolute Gasteiger partial charge is 0.0693 e. The van der Waals surface area contributed by atoms with Crippen LogP contribution in [0.4, 0.5) is 0 Å². The van der Waals surface area contributed by atoms with Gasteiger partial charge in [-0.3, -0.25) is 0 Å². The summed E-state index contributed by atoms with van der Waals surface area (Å²) in [7, 11) is 0. The summed E-state index contributed by atoms with van der Waals surface area (Å²) < 4.78 is 0. The van der Waals surface area contributed by atoms with Gasteiger partial charge in [0.15, 0.2) is 0 Å². The summed E-state index contributed by atoms with van der Waals surface area (Å²) in [6, 6.07) is 0.952. The first-order chi connectivity index (χ1) is 8.27. The molecule has 0 bridgehead atoms. The number of hydrogen-bond donors (Lipinski definition) is 2. The van der Waals surface area contributed by atoms with E-state index in [1.807, 2.05) is 0 Å². The van der Waals surface area contributed by atoms with Gasteiger partial charge in [0, 0.05) is 12.1 Å². The minimum atomic E-state index is -0.100. The van der Waals surface area contributed by atoms with Crippen LogP contribution in [0.2, 0.25) is 0 Å². The Morgan fingerprint density at radius 2 is 1.47 bits per heavy atom. The van der Waals surface area contributed by atoms with Gasteiger partial charge in [0.05, 0.1) is 6.10 Å². The number of hydrogen-bond acceptors (Lipinski definition) is 2. The Balaban J connectivity index is 1.79. The van der Waals surface area contributed by atoms with Crippen molar-refractivity contribution in [3.8, 4) is 0 Å². The molecule has 2 aliphatic carbocycles. The number of nitrogens with one attached hydrogen (secondary N) is 1. The third-order valence-electron chi connectivity index (χ3n) is 4.81. The summed E-state index contributed by atoms with van der Waals surface area (Å²) in [5.74, 6) is 0.839. The summed E-state index contributed by atoms with van der Waals surface area (Å²) in [4.78, 5) is 0. The van der Waals surface area contributed by atoms with Crippen molar-refractivity contribution in [1.29, 1.82) is 0 Å². The van der Waals surface area contributed by atoms with E-state index in [-0.39, 0.29) is 6.10 Å². The first kappa shape index (κ1) is 13.4. The highest BCUT2D eigenvalue weighted by Crippen LogP contribution is 2.27. The van der Waals surface area contributed by atoms with Gasteiger partial charge < -0.3 is 10.4 Å². The van der Waals surface area contributed by atoms with Crippen molar-refractivity contribution in [1.82, 2.24) is 5.32 Å². The molecule has 0 aromatic carbocycles. The second-order valence-electron chi connectivity index (χ2n) is 6.17. The van der Waals surface area contributed by atoms with Crippen LogP contribution in [0.25, 0.3) is 0 Å². The Hall–Kier alpha value is -0.0800. The summed E-state index contributed by atoms with van der Waals surface area (Å²) >= 11 is 0. The average molecular weight is 239 g/mol. The lowest BCUT2D eigenvalue weighted by Gasteiger charge is -2.34. The molecule has 2 saturated carbocycles. The lowest BCUT2D eigenvalue weighted by Crippen LogP contribution is -2.48. The van der Waals surface area contributed by atoms with Gasteiger partial charge in [0.2, 0.25) is 0 Å². The SMILES string of the molecule is C[C@H](N[C@H]1CCCC[C@@H]1O)C1CCCCCC1. The van der Waals surface area contributed by atoms with Crippen LogP contribution in [0, 0.1) is 5.92 Å². The molecule has 0 radical (unpaired) electrons. The lowest BCUT2D eigenvalue weighted by molar-refractivity contribution is 0.0803. The Morgan fingerprint density at radius 1 is 0.882 bits per heavy atom. The molecule has 0 spiro atoms. The molecule has 0 unspecified atom stereocenters. The van der Waals surface area contributed by atoms with Crippen LogP contribution >= 0.6 is 0 Å². The lowest BCUT2D eigenvalue weighted by atomic mass is 9.88. The van der Waals surface area contributed by atoms with E-state index in [2.05, 4.69) is 12.2 Å². The molecule has 3 atom stereocenters. The number of rotatable bonds is 3. The fourth-order valence-corrected chi connectivity index (χ4v) is 3.59. The van der Waals surface area contributed by atoms with Crippen LogP contribution in [-0.4, -0.2) is 23.3 Å². The summed E-state index contributed by atoms with van der Waals surface area (Å²) in [5, 5.41) is 13.7. The van der Waals surface area contributed by atoms with Gasteiger partial charge in [-0.25, -0.2) is 0 Å². The molecule has 2 N–H and O–H groups in total. The van der Waals surface area contributed by atoms with Crippen LogP contribution in [0.15, 0.2) is 0 Å². The maximum atomic E-state index is 10.0. The first-order valence-corrected chi connectivity index (χ1v) is 7.71. The van der Waals surface area contributed by atoms with Gasteiger partial charge in [0.1, 0.15) is 0 Å². The van der Waals surface area contributed by atoms with Crippen molar-refractivity contribution in [2.24, 2.45) is 5.92 Å². The Bertz CT molecular complexity index is 211. The fraction of sp³-hybridized carbons (Fsp3) is 1.00. The predicted octanol–water partition coefficient (Wildman–Crippen LogP) is 3.24. The maximum absolute atomic E-state index is 10.0. The largest absolute Gasteiger partial charge is 0.392 e. The van der Waals surface area contributed by atoms with Crippen molar-refractivity contribution < 1.29 is 5.11 Å². The highest BCUT2D eigenvalue weighted by atomic mass is 16.3. The molecule has 2 nitrogen and oxygen atoms in total. The second-order valence-corrected chi connectivity index (χ2v) is 6.17. The molecule has 0 aliphatic heterocycles. The number of aliphatic hydroxyl groups is 1. The van der Waals surface area contributed by atoms with Crippen molar-refractivity contribution in [3.05, 3.63) is 0 Å². The monoisotopic (exact) mass is 239 g/mol. The zero-order valence-electron chi connectivity index (χ0n) is 11.3. The highest BCUT2D eigenvalue weighted by Gasteiger charge is 2.27. The highest BCUT2D eigenvalue weighted by molar-refractivity contribution is 4.85. The van der Waals surface area contributed by atoms with E-state index in [4.69, 9.17) is 0 Å². The van der Waals surface area contributed by atoms with Crippen molar-refractivity contribution in [2.45, 2.75) is 89.3 Å². The first-order valence-electron chi connectivity index (χ1n) is 7.71. The standard InChI is InChI=1S/C15H29NO/c1-12(13-8-4-2-3-5-9-13)16-14-10-6-7-11-15(14)17/h12-17H,2-11H2,1H3/t12-,14-,15-/m0/s1. The van der Waals surface area contributed by atoms with E-state index in [1.54, 1.807) is 0 Å². The van der Waals surface area contributed by atoms with Gasteiger partial charge >= 0.3 is 0 Å². The van der Waals surface area contributed by atoms with Gasteiger partial charge in [-0.15, -0.1) is 0 Å². The molecular weight excluding hydrogens is 210 g/mol. The van der Waals surface area contributed by atoms with Gasteiger partial charge in [-0.2, -0.15) is 0 Å². The summed E-state index contributed by atoms with van der Waals surface area (Å²) in [5.41, 5.74) is 0. The molecule has 100 valence electrons. The van der Waals surface area contributed by atoms with Crippen LogP contribution in [0.1, 0.15) is 71.1 Å². The minimum Gasteiger partial charge on any atom is -0.392 e. The Labute approximate surface area is 106 Å². The van der Waals surface area contributed by atoms with Crippen LogP contribution in [0.5, 0.6) is 0 Å². The van der Waals surface area contributed by atoms with E-state index in [0.717, 1.165) is 18.8 Å².